The molecule has 29 heavy (non-hydrogen) atoms. The predicted octanol–water partition coefficient (Wildman–Crippen LogP) is 3.54. The van der Waals surface area contributed by atoms with Crippen LogP contribution in [0.3, 0.4) is 0 Å². The maximum absolute atomic E-state index is 13.5. The third kappa shape index (κ3) is 5.63. The molecule has 2 aromatic rings. The van der Waals surface area contributed by atoms with Gasteiger partial charge in [0.25, 0.3) is 0 Å². The first-order valence-corrected chi connectivity index (χ1v) is 9.99. The van der Waals surface area contributed by atoms with Gasteiger partial charge >= 0.3 is 0 Å². The Balaban J connectivity index is 1.55. The van der Waals surface area contributed by atoms with Crippen LogP contribution in [0.1, 0.15) is 30.0 Å². The number of benzene rings is 2. The third-order valence-corrected chi connectivity index (χ3v) is 5.50. The summed E-state index contributed by atoms with van der Waals surface area (Å²) in [5.41, 5.74) is 3.23. The average molecular weight is 394 g/mol. The highest BCUT2D eigenvalue weighted by Gasteiger charge is 2.24. The lowest BCUT2D eigenvalue weighted by Gasteiger charge is -2.27. The molecule has 0 aliphatic carbocycles. The molecule has 2 aromatic carbocycles. The number of anilines is 1. The van der Waals surface area contributed by atoms with Crippen LogP contribution in [0.5, 0.6) is 0 Å². The number of amides is 1. The van der Waals surface area contributed by atoms with E-state index in [0.717, 1.165) is 44.7 Å². The molecular formula is C23H27FN4O. The smallest absolute Gasteiger partial charge is 0.241 e. The summed E-state index contributed by atoms with van der Waals surface area (Å²) in [7, 11) is 0. The highest BCUT2D eigenvalue weighted by molar-refractivity contribution is 5.95. The molecule has 5 nitrogen and oxygen atoms in total. The Morgan fingerprint density at radius 2 is 1.93 bits per heavy atom. The monoisotopic (exact) mass is 394 g/mol. The molecule has 1 saturated heterocycles. The van der Waals surface area contributed by atoms with Gasteiger partial charge in [0.05, 0.1) is 17.7 Å². The van der Waals surface area contributed by atoms with E-state index in [4.69, 9.17) is 5.26 Å². The molecule has 0 spiro atoms. The van der Waals surface area contributed by atoms with Gasteiger partial charge in [0.15, 0.2) is 0 Å². The van der Waals surface area contributed by atoms with Crippen molar-refractivity contribution >= 4 is 11.6 Å². The molecule has 0 radical (unpaired) electrons. The Labute approximate surface area is 171 Å². The number of hydrogen-bond acceptors (Lipinski definition) is 4. The number of halogens is 1. The van der Waals surface area contributed by atoms with Crippen LogP contribution in [0.15, 0.2) is 42.5 Å². The molecular weight excluding hydrogens is 367 g/mol. The Hall–Kier alpha value is -2.75. The average Bonchev–Trinajstić information content (AvgIpc) is 2.96. The van der Waals surface area contributed by atoms with Gasteiger partial charge in [-0.1, -0.05) is 18.2 Å². The van der Waals surface area contributed by atoms with Crippen molar-refractivity contribution in [2.24, 2.45) is 0 Å². The minimum atomic E-state index is -0.355. The summed E-state index contributed by atoms with van der Waals surface area (Å²) < 4.78 is 13.5. The molecule has 1 N–H and O–H groups in total. The van der Waals surface area contributed by atoms with Crippen LogP contribution in [0.2, 0.25) is 0 Å². The molecule has 1 aliphatic rings. The van der Waals surface area contributed by atoms with E-state index in [9.17, 15) is 9.18 Å². The van der Waals surface area contributed by atoms with Gasteiger partial charge in [-0.15, -0.1) is 0 Å². The van der Waals surface area contributed by atoms with E-state index in [1.807, 2.05) is 38.1 Å². The van der Waals surface area contributed by atoms with E-state index in [2.05, 4.69) is 21.2 Å². The fourth-order valence-electron chi connectivity index (χ4n) is 3.61. The van der Waals surface area contributed by atoms with E-state index in [1.165, 1.54) is 17.7 Å². The highest BCUT2D eigenvalue weighted by Crippen LogP contribution is 2.18. The highest BCUT2D eigenvalue weighted by atomic mass is 19.1. The number of rotatable bonds is 5. The zero-order valence-corrected chi connectivity index (χ0v) is 17.0. The second kappa shape index (κ2) is 9.64. The van der Waals surface area contributed by atoms with Crippen LogP contribution in [-0.4, -0.2) is 47.9 Å². The number of nitrogens with one attached hydrogen (secondary N) is 1. The van der Waals surface area contributed by atoms with Gasteiger partial charge in [0.2, 0.25) is 5.91 Å². The molecule has 6 heteroatoms. The van der Waals surface area contributed by atoms with Gasteiger partial charge in [-0.05, 0) is 62.2 Å². The Morgan fingerprint density at radius 3 is 2.66 bits per heavy atom. The van der Waals surface area contributed by atoms with Crippen molar-refractivity contribution in [3.05, 3.63) is 65.0 Å². The van der Waals surface area contributed by atoms with Gasteiger partial charge in [-0.3, -0.25) is 14.6 Å². The number of nitriles is 1. The van der Waals surface area contributed by atoms with E-state index in [1.54, 1.807) is 6.07 Å². The van der Waals surface area contributed by atoms with Crippen LogP contribution in [0.25, 0.3) is 0 Å². The third-order valence-electron chi connectivity index (χ3n) is 5.50. The number of carbonyl (C=O) groups is 1. The molecule has 0 saturated carbocycles. The Morgan fingerprint density at radius 1 is 1.17 bits per heavy atom. The molecule has 1 fully saturated rings. The number of carbonyl (C=O) groups excluding carboxylic acids is 1. The Kier molecular flexibility index (Phi) is 6.97. The predicted molar refractivity (Wildman–Crippen MR) is 112 cm³/mol. The topological polar surface area (TPSA) is 59.4 Å². The molecule has 0 aromatic heterocycles. The zero-order valence-electron chi connectivity index (χ0n) is 17.0. The fourth-order valence-corrected chi connectivity index (χ4v) is 3.61. The quantitative estimate of drug-likeness (QED) is 0.843. The standard InChI is InChI=1S/C23H27FN4O/c1-17-4-9-21(24)14-22(17)26-23(29)18(2)28-11-3-10-27(12-13-28)16-20-7-5-19(15-25)6-8-20/h4-9,14,18H,3,10-13,16H2,1-2H3,(H,26,29)/t18-/m1/s1. The maximum atomic E-state index is 13.5. The van der Waals surface area contributed by atoms with Crippen molar-refractivity contribution in [1.29, 1.82) is 5.26 Å². The van der Waals surface area contributed by atoms with Crippen LogP contribution >= 0.6 is 0 Å². The van der Waals surface area contributed by atoms with E-state index >= 15 is 0 Å². The summed E-state index contributed by atoms with van der Waals surface area (Å²) in [6.45, 7) is 8.08. The minimum Gasteiger partial charge on any atom is -0.324 e. The first-order chi connectivity index (χ1) is 14.0. The van der Waals surface area contributed by atoms with Crippen molar-refractivity contribution in [2.45, 2.75) is 32.9 Å². The molecule has 1 amide bonds. The largest absolute Gasteiger partial charge is 0.324 e. The zero-order chi connectivity index (χ0) is 20.8. The van der Waals surface area contributed by atoms with Crippen molar-refractivity contribution in [3.8, 4) is 6.07 Å². The summed E-state index contributed by atoms with van der Waals surface area (Å²) in [6.07, 6.45) is 0.979. The maximum Gasteiger partial charge on any atom is 0.241 e. The molecule has 3 rings (SSSR count). The molecule has 0 bridgehead atoms. The lowest BCUT2D eigenvalue weighted by atomic mass is 10.1. The van der Waals surface area contributed by atoms with Crippen molar-refractivity contribution in [2.75, 3.05) is 31.5 Å². The number of hydrogen-bond donors (Lipinski definition) is 1. The second-order valence-corrected chi connectivity index (χ2v) is 7.60. The van der Waals surface area contributed by atoms with E-state index < -0.39 is 0 Å². The van der Waals surface area contributed by atoms with Crippen molar-refractivity contribution in [3.63, 3.8) is 0 Å². The molecule has 1 atom stereocenters. The first-order valence-electron chi connectivity index (χ1n) is 9.99. The fraction of sp³-hybridized carbons (Fsp3) is 0.391. The van der Waals surface area contributed by atoms with E-state index in [0.29, 0.717) is 11.3 Å². The summed E-state index contributed by atoms with van der Waals surface area (Å²) in [5.74, 6) is -0.467. The lowest BCUT2D eigenvalue weighted by Crippen LogP contribution is -2.44. The van der Waals surface area contributed by atoms with Crippen molar-refractivity contribution < 1.29 is 9.18 Å². The molecule has 152 valence electrons. The van der Waals surface area contributed by atoms with Gasteiger partial charge in [0, 0.05) is 31.9 Å². The molecule has 1 aliphatic heterocycles. The van der Waals surface area contributed by atoms with Crippen LogP contribution < -0.4 is 5.32 Å². The molecule has 0 unspecified atom stereocenters. The van der Waals surface area contributed by atoms with Gasteiger partial charge in [-0.25, -0.2) is 4.39 Å². The number of aryl methyl sites for hydroxylation is 1. The summed E-state index contributed by atoms with van der Waals surface area (Å²) >= 11 is 0. The normalized spacial score (nSPS) is 16.6. The lowest BCUT2D eigenvalue weighted by molar-refractivity contribution is -0.120. The van der Waals surface area contributed by atoms with Crippen LogP contribution in [-0.2, 0) is 11.3 Å². The number of nitrogens with zero attached hydrogens (tertiary/aromatic N) is 3. The van der Waals surface area contributed by atoms with Gasteiger partial charge in [0.1, 0.15) is 5.82 Å². The first kappa shape index (κ1) is 21.0. The SMILES string of the molecule is Cc1ccc(F)cc1NC(=O)[C@@H](C)N1CCCN(Cc2ccc(C#N)cc2)CC1. The second-order valence-electron chi connectivity index (χ2n) is 7.60. The minimum absolute atomic E-state index is 0.112. The summed E-state index contributed by atoms with van der Waals surface area (Å²) in [6, 6.07) is 14.0. The van der Waals surface area contributed by atoms with Crippen molar-refractivity contribution in [1.82, 2.24) is 9.80 Å². The van der Waals surface area contributed by atoms with Crippen LogP contribution in [0, 0.1) is 24.1 Å². The molecule has 1 heterocycles. The summed E-state index contributed by atoms with van der Waals surface area (Å²) in [5, 5.41) is 11.8. The van der Waals surface area contributed by atoms with Gasteiger partial charge in [-0.2, -0.15) is 5.26 Å². The summed E-state index contributed by atoms with van der Waals surface area (Å²) in [4.78, 5) is 17.3. The van der Waals surface area contributed by atoms with Gasteiger partial charge < -0.3 is 5.32 Å². The van der Waals surface area contributed by atoms with Crippen LogP contribution in [0.4, 0.5) is 10.1 Å². The van der Waals surface area contributed by atoms with E-state index in [-0.39, 0.29) is 17.8 Å². The Bertz CT molecular complexity index is 891.